The largest absolute Gasteiger partial charge is 0.425 e. The quantitative estimate of drug-likeness (QED) is 0.310. The summed E-state index contributed by atoms with van der Waals surface area (Å²) in [5.74, 6) is 5.82. The topological polar surface area (TPSA) is 43.4 Å². The van der Waals surface area contributed by atoms with Crippen molar-refractivity contribution in [3.05, 3.63) is 101 Å². The van der Waals surface area contributed by atoms with Crippen LogP contribution < -0.4 is 4.74 Å². The zero-order chi connectivity index (χ0) is 18.4. The van der Waals surface area contributed by atoms with Crippen LogP contribution in [-0.4, -0.2) is 11.8 Å². The van der Waals surface area contributed by atoms with Gasteiger partial charge in [0.2, 0.25) is 0 Å². The molecule has 26 heavy (non-hydrogen) atoms. The molecule has 0 saturated heterocycles. The standard InChI is InChI=1S/C23H16O3/c1-17(24)26-22-15-14-21(23(25)19-10-6-3-7-11-19)16-20(22)13-12-18-8-4-2-5-9-18/h2-11,14-16H,1H3. The van der Waals surface area contributed by atoms with Gasteiger partial charge in [0, 0.05) is 23.6 Å². The van der Waals surface area contributed by atoms with Crippen LogP contribution >= 0.6 is 0 Å². The third-order valence-electron chi connectivity index (χ3n) is 3.65. The summed E-state index contributed by atoms with van der Waals surface area (Å²) in [6, 6.07) is 23.4. The van der Waals surface area contributed by atoms with E-state index in [1.807, 2.05) is 48.5 Å². The van der Waals surface area contributed by atoms with E-state index in [0.29, 0.717) is 22.4 Å². The zero-order valence-electron chi connectivity index (χ0n) is 14.2. The van der Waals surface area contributed by atoms with Gasteiger partial charge in [0.15, 0.2) is 5.78 Å². The van der Waals surface area contributed by atoms with Crippen molar-refractivity contribution >= 4 is 11.8 Å². The number of carbonyl (C=O) groups excluding carboxylic acids is 2. The van der Waals surface area contributed by atoms with Gasteiger partial charge in [-0.2, -0.15) is 0 Å². The fraction of sp³-hybridized carbons (Fsp3) is 0.0435. The predicted molar refractivity (Wildman–Crippen MR) is 100 cm³/mol. The maximum atomic E-state index is 12.7. The summed E-state index contributed by atoms with van der Waals surface area (Å²) < 4.78 is 5.22. The number of benzene rings is 3. The van der Waals surface area contributed by atoms with Crippen molar-refractivity contribution in [1.82, 2.24) is 0 Å². The Hall–Kier alpha value is -3.64. The summed E-state index contributed by atoms with van der Waals surface area (Å²) in [7, 11) is 0. The number of ether oxygens (including phenoxy) is 1. The fourth-order valence-electron chi connectivity index (χ4n) is 2.43. The highest BCUT2D eigenvalue weighted by molar-refractivity contribution is 6.09. The lowest BCUT2D eigenvalue weighted by molar-refractivity contribution is -0.131. The van der Waals surface area contributed by atoms with E-state index in [0.717, 1.165) is 5.56 Å². The van der Waals surface area contributed by atoms with Gasteiger partial charge in [0.05, 0.1) is 5.56 Å². The number of hydrogen-bond acceptors (Lipinski definition) is 3. The number of carbonyl (C=O) groups is 2. The van der Waals surface area contributed by atoms with Crippen LogP contribution in [0, 0.1) is 11.8 Å². The normalized spacial score (nSPS) is 9.73. The van der Waals surface area contributed by atoms with Gasteiger partial charge >= 0.3 is 5.97 Å². The molecular formula is C23H16O3. The Morgan fingerprint density at radius 2 is 1.42 bits per heavy atom. The van der Waals surface area contributed by atoms with Gasteiger partial charge in [-0.15, -0.1) is 0 Å². The lowest BCUT2D eigenvalue weighted by Crippen LogP contribution is -2.06. The van der Waals surface area contributed by atoms with Gasteiger partial charge in [0.25, 0.3) is 0 Å². The Balaban J connectivity index is 2.01. The van der Waals surface area contributed by atoms with Crippen LogP contribution in [0.25, 0.3) is 0 Å². The summed E-state index contributed by atoms with van der Waals surface area (Å²) in [6.07, 6.45) is 0. The molecule has 0 atom stereocenters. The lowest BCUT2D eigenvalue weighted by atomic mass is 10.0. The molecule has 0 aromatic heterocycles. The van der Waals surface area contributed by atoms with Gasteiger partial charge in [0.1, 0.15) is 5.75 Å². The van der Waals surface area contributed by atoms with E-state index in [4.69, 9.17) is 4.74 Å². The first kappa shape index (κ1) is 17.2. The maximum Gasteiger partial charge on any atom is 0.308 e. The van der Waals surface area contributed by atoms with E-state index >= 15 is 0 Å². The summed E-state index contributed by atoms with van der Waals surface area (Å²) >= 11 is 0. The molecule has 0 radical (unpaired) electrons. The second-order valence-electron chi connectivity index (χ2n) is 5.62. The number of esters is 1. The average Bonchev–Trinajstić information content (AvgIpc) is 2.68. The third kappa shape index (κ3) is 4.25. The minimum atomic E-state index is -0.435. The van der Waals surface area contributed by atoms with Crippen LogP contribution in [0.15, 0.2) is 78.9 Å². The molecule has 3 nitrogen and oxygen atoms in total. The van der Waals surface area contributed by atoms with Crippen molar-refractivity contribution in [1.29, 1.82) is 0 Å². The second kappa shape index (κ2) is 7.96. The fourth-order valence-corrected chi connectivity index (χ4v) is 2.43. The Morgan fingerprint density at radius 1 is 0.769 bits per heavy atom. The summed E-state index contributed by atoms with van der Waals surface area (Å²) in [4.78, 5) is 24.0. The van der Waals surface area contributed by atoms with Gasteiger partial charge < -0.3 is 4.74 Å². The van der Waals surface area contributed by atoms with Crippen molar-refractivity contribution in [3.8, 4) is 17.6 Å². The summed E-state index contributed by atoms with van der Waals surface area (Å²) in [5.41, 5.74) is 2.41. The highest BCUT2D eigenvalue weighted by Crippen LogP contribution is 2.22. The first-order valence-corrected chi connectivity index (χ1v) is 8.13. The van der Waals surface area contributed by atoms with Crippen molar-refractivity contribution < 1.29 is 14.3 Å². The van der Waals surface area contributed by atoms with Crippen molar-refractivity contribution in [2.24, 2.45) is 0 Å². The third-order valence-corrected chi connectivity index (χ3v) is 3.65. The molecule has 0 amide bonds. The minimum Gasteiger partial charge on any atom is -0.425 e. The van der Waals surface area contributed by atoms with E-state index in [1.165, 1.54) is 6.92 Å². The Bertz CT molecular complexity index is 994. The molecule has 0 saturated carbocycles. The summed E-state index contributed by atoms with van der Waals surface area (Å²) in [6.45, 7) is 1.33. The average molecular weight is 340 g/mol. The Morgan fingerprint density at radius 3 is 2.08 bits per heavy atom. The van der Waals surface area contributed by atoms with Crippen LogP contribution in [0.2, 0.25) is 0 Å². The SMILES string of the molecule is CC(=O)Oc1ccc(C(=O)c2ccccc2)cc1C#Cc1ccccc1. The minimum absolute atomic E-state index is 0.109. The molecule has 0 aliphatic rings. The molecule has 3 rings (SSSR count). The molecule has 0 unspecified atom stereocenters. The molecule has 3 aromatic carbocycles. The van der Waals surface area contributed by atoms with Crippen molar-refractivity contribution in [2.45, 2.75) is 6.92 Å². The van der Waals surface area contributed by atoms with Crippen LogP contribution in [-0.2, 0) is 4.79 Å². The molecule has 3 heteroatoms. The molecule has 0 spiro atoms. The van der Waals surface area contributed by atoms with E-state index in [-0.39, 0.29) is 5.78 Å². The van der Waals surface area contributed by atoms with Crippen LogP contribution in [0.3, 0.4) is 0 Å². The number of hydrogen-bond donors (Lipinski definition) is 0. The lowest BCUT2D eigenvalue weighted by Gasteiger charge is -2.07. The molecular weight excluding hydrogens is 324 g/mol. The smallest absolute Gasteiger partial charge is 0.308 e. The highest BCUT2D eigenvalue weighted by Gasteiger charge is 2.12. The van der Waals surface area contributed by atoms with E-state index in [1.54, 1.807) is 30.3 Å². The van der Waals surface area contributed by atoms with E-state index < -0.39 is 5.97 Å². The molecule has 0 aliphatic carbocycles. The molecule has 0 aliphatic heterocycles. The van der Waals surface area contributed by atoms with Crippen molar-refractivity contribution in [2.75, 3.05) is 0 Å². The van der Waals surface area contributed by atoms with Gasteiger partial charge in [-0.25, -0.2) is 0 Å². The summed E-state index contributed by atoms with van der Waals surface area (Å²) in [5, 5.41) is 0. The molecule has 0 N–H and O–H groups in total. The van der Waals surface area contributed by atoms with Gasteiger partial charge in [-0.05, 0) is 30.3 Å². The van der Waals surface area contributed by atoms with E-state index in [2.05, 4.69) is 11.8 Å². The van der Waals surface area contributed by atoms with Crippen molar-refractivity contribution in [3.63, 3.8) is 0 Å². The van der Waals surface area contributed by atoms with Crippen LogP contribution in [0.4, 0.5) is 0 Å². The van der Waals surface area contributed by atoms with Gasteiger partial charge in [-0.3, -0.25) is 9.59 Å². The zero-order valence-corrected chi connectivity index (χ0v) is 14.2. The Kier molecular flexibility index (Phi) is 5.26. The Labute approximate surface area is 152 Å². The number of rotatable bonds is 3. The van der Waals surface area contributed by atoms with Crippen LogP contribution in [0.1, 0.15) is 34.0 Å². The second-order valence-corrected chi connectivity index (χ2v) is 5.62. The molecule has 3 aromatic rings. The number of ketones is 1. The monoisotopic (exact) mass is 340 g/mol. The van der Waals surface area contributed by atoms with E-state index in [9.17, 15) is 9.59 Å². The first-order chi connectivity index (χ1) is 12.6. The first-order valence-electron chi connectivity index (χ1n) is 8.13. The maximum absolute atomic E-state index is 12.7. The molecule has 0 bridgehead atoms. The van der Waals surface area contributed by atoms with Crippen LogP contribution in [0.5, 0.6) is 5.75 Å². The molecule has 0 fully saturated rings. The highest BCUT2D eigenvalue weighted by atomic mass is 16.5. The van der Waals surface area contributed by atoms with Gasteiger partial charge in [-0.1, -0.05) is 60.4 Å². The molecule has 0 heterocycles. The predicted octanol–water partition coefficient (Wildman–Crippen LogP) is 4.24. The molecule has 126 valence electrons.